The maximum absolute atomic E-state index is 14.3. The van der Waals surface area contributed by atoms with Crippen LogP contribution in [0.25, 0.3) is 0 Å². The molecule has 0 aromatic heterocycles. The molecule has 0 bridgehead atoms. The van der Waals surface area contributed by atoms with Crippen LogP contribution in [0.1, 0.15) is 62.1 Å². The highest BCUT2D eigenvalue weighted by atomic mass is 32.2. The number of para-hydroxylation sites is 2. The van der Waals surface area contributed by atoms with Gasteiger partial charge in [-0.3, -0.25) is 13.9 Å². The molecule has 0 radical (unpaired) electrons. The number of benzene rings is 3. The van der Waals surface area contributed by atoms with E-state index in [2.05, 4.69) is 5.32 Å². The summed E-state index contributed by atoms with van der Waals surface area (Å²) in [7, 11) is -2.72. The van der Waals surface area contributed by atoms with Gasteiger partial charge in [-0.25, -0.2) is 8.42 Å². The van der Waals surface area contributed by atoms with E-state index in [1.165, 1.54) is 24.1 Å². The van der Waals surface area contributed by atoms with Crippen LogP contribution < -0.4 is 14.4 Å². The Morgan fingerprint density at radius 1 is 0.930 bits per heavy atom. The SMILES string of the molecule is CC[C@H](C(=O)NC1CCCCC1)N(Cc1cccc(C)c1)C(=O)CN(c1ccccc1OC)S(=O)(=O)c1ccc(C)cc1. The Hall–Kier alpha value is -3.85. The third-order valence-electron chi connectivity index (χ3n) is 8.01. The maximum Gasteiger partial charge on any atom is 0.264 e. The summed E-state index contributed by atoms with van der Waals surface area (Å²) in [6, 6.07) is 20.4. The van der Waals surface area contributed by atoms with Gasteiger partial charge in [-0.15, -0.1) is 0 Å². The van der Waals surface area contributed by atoms with Gasteiger partial charge in [0.2, 0.25) is 11.8 Å². The Labute approximate surface area is 256 Å². The zero-order valence-corrected chi connectivity index (χ0v) is 26.4. The summed E-state index contributed by atoms with van der Waals surface area (Å²) in [6.45, 7) is 5.39. The van der Waals surface area contributed by atoms with Gasteiger partial charge in [0.15, 0.2) is 0 Å². The molecule has 2 amide bonds. The third-order valence-corrected chi connectivity index (χ3v) is 9.79. The number of carbonyl (C=O) groups excluding carboxylic acids is 2. The average molecular weight is 606 g/mol. The molecular formula is C34H43N3O5S. The van der Waals surface area contributed by atoms with E-state index in [9.17, 15) is 18.0 Å². The topological polar surface area (TPSA) is 96.0 Å². The number of sulfonamides is 1. The van der Waals surface area contributed by atoms with E-state index in [1.54, 1.807) is 36.4 Å². The minimum absolute atomic E-state index is 0.0594. The second-order valence-corrected chi connectivity index (χ2v) is 13.1. The van der Waals surface area contributed by atoms with Crippen LogP contribution in [-0.4, -0.2) is 50.9 Å². The van der Waals surface area contributed by atoms with Crippen molar-refractivity contribution in [3.8, 4) is 5.75 Å². The van der Waals surface area contributed by atoms with E-state index >= 15 is 0 Å². The highest BCUT2D eigenvalue weighted by Crippen LogP contribution is 2.33. The molecule has 1 fully saturated rings. The van der Waals surface area contributed by atoms with Gasteiger partial charge in [0.1, 0.15) is 18.3 Å². The quantitative estimate of drug-likeness (QED) is 0.283. The van der Waals surface area contributed by atoms with Crippen molar-refractivity contribution in [1.82, 2.24) is 10.2 Å². The van der Waals surface area contributed by atoms with E-state index < -0.39 is 28.5 Å². The molecule has 1 aliphatic carbocycles. The first kappa shape index (κ1) is 32.1. The van der Waals surface area contributed by atoms with Gasteiger partial charge in [0.05, 0.1) is 17.7 Å². The number of hydrogen-bond acceptors (Lipinski definition) is 5. The van der Waals surface area contributed by atoms with Crippen molar-refractivity contribution >= 4 is 27.5 Å². The van der Waals surface area contributed by atoms with Gasteiger partial charge < -0.3 is 15.0 Å². The molecule has 1 N–H and O–H groups in total. The van der Waals surface area contributed by atoms with Crippen LogP contribution in [0.2, 0.25) is 0 Å². The van der Waals surface area contributed by atoms with Crippen molar-refractivity contribution in [2.24, 2.45) is 0 Å². The number of rotatable bonds is 12. The number of amides is 2. The molecule has 230 valence electrons. The minimum Gasteiger partial charge on any atom is -0.495 e. The van der Waals surface area contributed by atoms with Gasteiger partial charge in [-0.05, 0) is 62.9 Å². The van der Waals surface area contributed by atoms with Crippen LogP contribution in [-0.2, 0) is 26.2 Å². The van der Waals surface area contributed by atoms with Crippen molar-refractivity contribution in [1.29, 1.82) is 0 Å². The predicted octanol–water partition coefficient (Wildman–Crippen LogP) is 5.76. The fourth-order valence-electron chi connectivity index (χ4n) is 5.66. The highest BCUT2D eigenvalue weighted by Gasteiger charge is 2.35. The molecule has 1 atom stereocenters. The molecule has 3 aromatic carbocycles. The second kappa shape index (κ2) is 14.6. The fourth-order valence-corrected chi connectivity index (χ4v) is 7.08. The molecule has 4 rings (SSSR count). The van der Waals surface area contributed by atoms with Crippen molar-refractivity contribution < 1.29 is 22.7 Å². The molecule has 0 saturated heterocycles. The molecule has 0 spiro atoms. The van der Waals surface area contributed by atoms with E-state index in [1.807, 2.05) is 45.0 Å². The number of carbonyl (C=O) groups is 2. The summed E-state index contributed by atoms with van der Waals surface area (Å²) in [4.78, 5) is 29.6. The average Bonchev–Trinajstić information content (AvgIpc) is 3.00. The van der Waals surface area contributed by atoms with E-state index in [4.69, 9.17) is 4.74 Å². The summed E-state index contributed by atoms with van der Waals surface area (Å²) in [5.74, 6) is -0.368. The molecular weight excluding hydrogens is 562 g/mol. The molecule has 0 unspecified atom stereocenters. The Morgan fingerprint density at radius 3 is 2.28 bits per heavy atom. The number of nitrogens with one attached hydrogen (secondary N) is 1. The first-order chi connectivity index (χ1) is 20.6. The minimum atomic E-state index is -4.18. The van der Waals surface area contributed by atoms with Crippen LogP contribution in [0.3, 0.4) is 0 Å². The Bertz CT molecular complexity index is 1500. The molecule has 3 aromatic rings. The lowest BCUT2D eigenvalue weighted by Gasteiger charge is -2.34. The van der Waals surface area contributed by atoms with Gasteiger partial charge >= 0.3 is 0 Å². The lowest BCUT2D eigenvalue weighted by atomic mass is 9.95. The molecule has 0 aliphatic heterocycles. The predicted molar refractivity (Wildman–Crippen MR) is 170 cm³/mol. The number of anilines is 1. The standard InChI is InChI=1S/C34H43N3O5S/c1-5-30(34(39)35-28-14-7-6-8-15-28)36(23-27-13-11-12-26(3)22-27)33(38)24-37(31-16-9-10-17-32(31)42-4)43(40,41)29-20-18-25(2)19-21-29/h9-13,16-22,28,30H,5-8,14-15,23-24H2,1-4H3,(H,35,39)/t30-/m1/s1. The molecule has 1 saturated carbocycles. The van der Waals surface area contributed by atoms with E-state index in [0.29, 0.717) is 12.2 Å². The second-order valence-electron chi connectivity index (χ2n) is 11.3. The number of hydrogen-bond donors (Lipinski definition) is 1. The van der Waals surface area contributed by atoms with Gasteiger partial charge in [-0.2, -0.15) is 0 Å². The maximum atomic E-state index is 14.3. The van der Waals surface area contributed by atoms with Gasteiger partial charge in [0.25, 0.3) is 10.0 Å². The lowest BCUT2D eigenvalue weighted by Crippen LogP contribution is -2.54. The summed E-state index contributed by atoms with van der Waals surface area (Å²) < 4.78 is 34.9. The third kappa shape index (κ3) is 7.96. The molecule has 1 aliphatic rings. The number of nitrogens with zero attached hydrogens (tertiary/aromatic N) is 2. The van der Waals surface area contributed by atoms with Crippen LogP contribution in [0.4, 0.5) is 5.69 Å². The number of aryl methyl sites for hydroxylation is 2. The number of methoxy groups -OCH3 is 1. The van der Waals surface area contributed by atoms with Crippen molar-refractivity contribution in [2.75, 3.05) is 18.0 Å². The van der Waals surface area contributed by atoms with Crippen LogP contribution in [0.5, 0.6) is 5.75 Å². The molecule has 0 heterocycles. The fraction of sp³-hybridized carbons (Fsp3) is 0.412. The molecule has 9 heteroatoms. The Kier molecular flexibility index (Phi) is 10.9. The largest absolute Gasteiger partial charge is 0.495 e. The molecule has 43 heavy (non-hydrogen) atoms. The normalized spacial score (nSPS) is 14.5. The zero-order valence-electron chi connectivity index (χ0n) is 25.6. The van der Waals surface area contributed by atoms with Crippen LogP contribution in [0.15, 0.2) is 77.7 Å². The summed E-state index contributed by atoms with van der Waals surface area (Å²) in [6.07, 6.45) is 5.52. The van der Waals surface area contributed by atoms with Gasteiger partial charge in [-0.1, -0.05) is 85.8 Å². The number of ether oxygens (including phenoxy) is 1. The first-order valence-corrected chi connectivity index (χ1v) is 16.5. The summed E-state index contributed by atoms with van der Waals surface area (Å²) in [5, 5.41) is 3.18. The zero-order chi connectivity index (χ0) is 31.0. The van der Waals surface area contributed by atoms with E-state index in [0.717, 1.165) is 53.1 Å². The lowest BCUT2D eigenvalue weighted by molar-refractivity contribution is -0.140. The summed E-state index contributed by atoms with van der Waals surface area (Å²) >= 11 is 0. The summed E-state index contributed by atoms with van der Waals surface area (Å²) in [5.41, 5.74) is 3.05. The van der Waals surface area contributed by atoms with Gasteiger partial charge in [0, 0.05) is 12.6 Å². The van der Waals surface area contributed by atoms with Crippen molar-refractivity contribution in [3.05, 3.63) is 89.5 Å². The first-order valence-electron chi connectivity index (χ1n) is 15.0. The Balaban J connectivity index is 1.73. The Morgan fingerprint density at radius 2 is 1.63 bits per heavy atom. The smallest absolute Gasteiger partial charge is 0.264 e. The van der Waals surface area contributed by atoms with E-state index in [-0.39, 0.29) is 29.1 Å². The highest BCUT2D eigenvalue weighted by molar-refractivity contribution is 7.92. The molecule has 8 nitrogen and oxygen atoms in total. The van der Waals surface area contributed by atoms with Crippen LogP contribution >= 0.6 is 0 Å². The van der Waals surface area contributed by atoms with Crippen molar-refractivity contribution in [2.45, 2.75) is 82.8 Å². The monoisotopic (exact) mass is 605 g/mol. The van der Waals surface area contributed by atoms with Crippen LogP contribution in [0, 0.1) is 13.8 Å². The van der Waals surface area contributed by atoms with Crippen molar-refractivity contribution in [3.63, 3.8) is 0 Å².